The van der Waals surface area contributed by atoms with Gasteiger partial charge in [0.2, 0.25) is 5.91 Å². The van der Waals surface area contributed by atoms with Crippen LogP contribution in [0.1, 0.15) is 20.3 Å². The van der Waals surface area contributed by atoms with E-state index >= 15 is 0 Å². The van der Waals surface area contributed by atoms with Gasteiger partial charge in [-0.15, -0.1) is 0 Å². The van der Waals surface area contributed by atoms with Gasteiger partial charge >= 0.3 is 5.97 Å². The number of hydrogen-bond donors (Lipinski definition) is 3. The Bertz CT molecular complexity index is 446. The summed E-state index contributed by atoms with van der Waals surface area (Å²) in [6.07, 6.45) is -0.0320. The zero-order valence-electron chi connectivity index (χ0n) is 11.0. The summed E-state index contributed by atoms with van der Waals surface area (Å²) in [5.74, 6) is -1.78. The van der Waals surface area contributed by atoms with Crippen molar-refractivity contribution in [1.29, 1.82) is 0 Å². The summed E-state index contributed by atoms with van der Waals surface area (Å²) >= 11 is 0. The highest BCUT2D eigenvalue weighted by molar-refractivity contribution is 7.91. The molecule has 1 rings (SSSR count). The van der Waals surface area contributed by atoms with Crippen molar-refractivity contribution in [1.82, 2.24) is 10.6 Å². The molecule has 0 aromatic carbocycles. The smallest absolute Gasteiger partial charge is 0.326 e. The van der Waals surface area contributed by atoms with Crippen LogP contribution in [0.2, 0.25) is 0 Å². The fourth-order valence-corrected chi connectivity index (χ4v) is 3.41. The van der Waals surface area contributed by atoms with Gasteiger partial charge in [0.15, 0.2) is 9.84 Å². The van der Waals surface area contributed by atoms with E-state index < -0.39 is 33.8 Å². The van der Waals surface area contributed by atoms with Gasteiger partial charge in [-0.1, -0.05) is 13.8 Å². The van der Waals surface area contributed by atoms with Crippen LogP contribution in [0, 0.1) is 5.92 Å². The van der Waals surface area contributed by atoms with Gasteiger partial charge in [-0.25, -0.2) is 13.2 Å². The third kappa shape index (κ3) is 5.15. The predicted octanol–water partition coefficient (Wildman–Crippen LogP) is -1.01. The van der Waals surface area contributed by atoms with Crippen LogP contribution in [0.5, 0.6) is 0 Å². The van der Waals surface area contributed by atoms with E-state index in [4.69, 9.17) is 5.11 Å². The molecular formula is C11H20N2O5S. The van der Waals surface area contributed by atoms with E-state index in [9.17, 15) is 18.0 Å². The summed E-state index contributed by atoms with van der Waals surface area (Å²) in [4.78, 5) is 22.7. The minimum Gasteiger partial charge on any atom is -0.480 e. The van der Waals surface area contributed by atoms with Crippen LogP contribution in [-0.2, 0) is 19.4 Å². The quantitative estimate of drug-likeness (QED) is 0.598. The third-order valence-electron chi connectivity index (χ3n) is 2.98. The Balaban J connectivity index is 2.53. The van der Waals surface area contributed by atoms with E-state index in [1.54, 1.807) is 13.8 Å². The molecule has 1 aliphatic rings. The molecule has 8 heteroatoms. The summed E-state index contributed by atoms with van der Waals surface area (Å²) in [7, 11) is -3.10. The Morgan fingerprint density at radius 2 is 2.05 bits per heavy atom. The second-order valence-electron chi connectivity index (χ2n) is 5.10. The minimum atomic E-state index is -3.10. The molecule has 19 heavy (non-hydrogen) atoms. The first-order valence-electron chi connectivity index (χ1n) is 6.17. The molecule has 1 fully saturated rings. The zero-order valence-corrected chi connectivity index (χ0v) is 11.9. The molecule has 2 atom stereocenters. The molecule has 1 amide bonds. The molecule has 0 aromatic heterocycles. The fourth-order valence-electron chi connectivity index (χ4n) is 1.97. The average Bonchev–Trinajstić information content (AvgIpc) is 2.23. The van der Waals surface area contributed by atoms with Crippen LogP contribution >= 0.6 is 0 Å². The van der Waals surface area contributed by atoms with E-state index in [1.807, 2.05) is 0 Å². The highest BCUT2D eigenvalue weighted by atomic mass is 32.2. The molecular weight excluding hydrogens is 272 g/mol. The van der Waals surface area contributed by atoms with Crippen molar-refractivity contribution >= 4 is 21.7 Å². The second kappa shape index (κ2) is 6.33. The SMILES string of the molecule is CC(C)[C@@H](NC(=O)CC1CS(=O)(=O)CCN1)C(=O)O. The summed E-state index contributed by atoms with van der Waals surface area (Å²) in [5, 5.41) is 14.3. The van der Waals surface area contributed by atoms with Gasteiger partial charge in [0.05, 0.1) is 11.5 Å². The van der Waals surface area contributed by atoms with E-state index in [0.29, 0.717) is 6.54 Å². The molecule has 1 aliphatic heterocycles. The van der Waals surface area contributed by atoms with Gasteiger partial charge < -0.3 is 15.7 Å². The molecule has 0 radical (unpaired) electrons. The Hall–Kier alpha value is -1.15. The number of nitrogens with one attached hydrogen (secondary N) is 2. The highest BCUT2D eigenvalue weighted by Gasteiger charge is 2.28. The van der Waals surface area contributed by atoms with Crippen LogP contribution in [0.3, 0.4) is 0 Å². The molecule has 0 aromatic rings. The lowest BCUT2D eigenvalue weighted by molar-refractivity contribution is -0.143. The Morgan fingerprint density at radius 1 is 1.42 bits per heavy atom. The lowest BCUT2D eigenvalue weighted by Gasteiger charge is -2.24. The van der Waals surface area contributed by atoms with Crippen LogP contribution in [0.15, 0.2) is 0 Å². The topological polar surface area (TPSA) is 113 Å². The van der Waals surface area contributed by atoms with Crippen molar-refractivity contribution in [3.05, 3.63) is 0 Å². The molecule has 7 nitrogen and oxygen atoms in total. The maximum absolute atomic E-state index is 11.7. The number of amides is 1. The number of carbonyl (C=O) groups excluding carboxylic acids is 1. The first-order valence-corrected chi connectivity index (χ1v) is 7.99. The van der Waals surface area contributed by atoms with Crippen molar-refractivity contribution in [3.63, 3.8) is 0 Å². The molecule has 0 aliphatic carbocycles. The van der Waals surface area contributed by atoms with E-state index in [2.05, 4.69) is 10.6 Å². The summed E-state index contributed by atoms with van der Waals surface area (Å²) < 4.78 is 22.8. The van der Waals surface area contributed by atoms with Gasteiger partial charge in [0, 0.05) is 19.0 Å². The number of carboxylic acid groups (broad SMARTS) is 1. The number of carbonyl (C=O) groups is 2. The number of sulfone groups is 1. The van der Waals surface area contributed by atoms with Crippen molar-refractivity contribution in [2.45, 2.75) is 32.4 Å². The number of hydrogen-bond acceptors (Lipinski definition) is 5. The average molecular weight is 292 g/mol. The normalized spacial score (nSPS) is 23.8. The summed E-state index contributed by atoms with van der Waals surface area (Å²) in [5.41, 5.74) is 0. The third-order valence-corrected chi connectivity index (χ3v) is 4.72. The van der Waals surface area contributed by atoms with Gasteiger partial charge in [-0.2, -0.15) is 0 Å². The lowest BCUT2D eigenvalue weighted by atomic mass is 10.0. The summed E-state index contributed by atoms with van der Waals surface area (Å²) in [6.45, 7) is 3.72. The molecule has 1 unspecified atom stereocenters. The first-order chi connectivity index (χ1) is 8.71. The van der Waals surface area contributed by atoms with Crippen molar-refractivity contribution in [2.24, 2.45) is 5.92 Å². The van der Waals surface area contributed by atoms with Crippen molar-refractivity contribution in [3.8, 4) is 0 Å². The predicted molar refractivity (Wildman–Crippen MR) is 69.5 cm³/mol. The van der Waals surface area contributed by atoms with Gasteiger partial charge in [0.25, 0.3) is 0 Å². The van der Waals surface area contributed by atoms with E-state index in [0.717, 1.165) is 0 Å². The highest BCUT2D eigenvalue weighted by Crippen LogP contribution is 2.07. The van der Waals surface area contributed by atoms with Crippen molar-refractivity contribution < 1.29 is 23.1 Å². The number of aliphatic carboxylic acids is 1. The maximum atomic E-state index is 11.7. The number of carboxylic acids is 1. The molecule has 0 bridgehead atoms. The summed E-state index contributed by atoms with van der Waals surface area (Å²) in [6, 6.07) is -1.40. The molecule has 1 saturated heterocycles. The zero-order chi connectivity index (χ0) is 14.6. The second-order valence-corrected chi connectivity index (χ2v) is 7.33. The molecule has 0 saturated carbocycles. The fraction of sp³-hybridized carbons (Fsp3) is 0.818. The number of rotatable bonds is 5. The minimum absolute atomic E-state index is 0.0320. The lowest BCUT2D eigenvalue weighted by Crippen LogP contribution is -2.50. The monoisotopic (exact) mass is 292 g/mol. The Kier molecular flexibility index (Phi) is 5.30. The van der Waals surface area contributed by atoms with Crippen LogP contribution in [0.25, 0.3) is 0 Å². The van der Waals surface area contributed by atoms with Gasteiger partial charge in [-0.3, -0.25) is 4.79 Å². The van der Waals surface area contributed by atoms with Crippen molar-refractivity contribution in [2.75, 3.05) is 18.1 Å². The van der Waals surface area contributed by atoms with E-state index in [-0.39, 0.29) is 23.8 Å². The molecule has 3 N–H and O–H groups in total. The van der Waals surface area contributed by atoms with Crippen LogP contribution in [-0.4, -0.2) is 55.5 Å². The largest absolute Gasteiger partial charge is 0.480 e. The van der Waals surface area contributed by atoms with Gasteiger partial charge in [0.1, 0.15) is 6.04 Å². The maximum Gasteiger partial charge on any atom is 0.326 e. The van der Waals surface area contributed by atoms with Crippen LogP contribution in [0.4, 0.5) is 0 Å². The van der Waals surface area contributed by atoms with E-state index in [1.165, 1.54) is 0 Å². The van der Waals surface area contributed by atoms with Crippen LogP contribution < -0.4 is 10.6 Å². The molecule has 110 valence electrons. The standard InChI is InChI=1S/C11H20N2O5S/c1-7(2)10(11(15)16)13-9(14)5-8-6-19(17,18)4-3-12-8/h7-8,10,12H,3-6H2,1-2H3,(H,13,14)(H,15,16)/t8?,10-/m1/s1. The molecule has 0 spiro atoms. The van der Waals surface area contributed by atoms with Gasteiger partial charge in [-0.05, 0) is 5.92 Å². The molecule has 1 heterocycles. The Labute approximate surface area is 112 Å². The first kappa shape index (κ1) is 15.9. The Morgan fingerprint density at radius 3 is 2.53 bits per heavy atom.